The molecule has 0 radical (unpaired) electrons. The van der Waals surface area contributed by atoms with Crippen LogP contribution in [-0.2, 0) is 11.3 Å². The van der Waals surface area contributed by atoms with Crippen molar-refractivity contribution < 1.29 is 28.6 Å². The number of aliphatic hydroxyl groups excluding tert-OH is 1. The van der Waals surface area contributed by atoms with Gasteiger partial charge in [0.15, 0.2) is 22.9 Å². The van der Waals surface area contributed by atoms with E-state index in [1.54, 1.807) is 54.9 Å². The van der Waals surface area contributed by atoms with Crippen LogP contribution in [0.4, 0.5) is 0 Å². The summed E-state index contributed by atoms with van der Waals surface area (Å²) >= 11 is 0. The number of hydrogen-bond acceptors (Lipinski definition) is 7. The number of hydrogen-bond donors (Lipinski definition) is 1. The second kappa shape index (κ2) is 10.8. The largest absolute Gasteiger partial charge is 0.503 e. The number of para-hydroxylation sites is 1. The fraction of sp³-hybridized carbons (Fsp3) is 0.233. The topological polar surface area (TPSA) is 102 Å². The van der Waals surface area contributed by atoms with Crippen LogP contribution in [0.1, 0.15) is 47.5 Å². The molecule has 2 aromatic heterocycles. The predicted octanol–water partition coefficient (Wildman–Crippen LogP) is 5.79. The van der Waals surface area contributed by atoms with Crippen molar-refractivity contribution in [2.24, 2.45) is 0 Å². The van der Waals surface area contributed by atoms with Gasteiger partial charge < -0.3 is 23.9 Å². The van der Waals surface area contributed by atoms with Crippen molar-refractivity contribution in [1.29, 1.82) is 0 Å². The van der Waals surface area contributed by atoms with E-state index in [1.807, 2.05) is 18.2 Å². The Morgan fingerprint density at radius 1 is 1.13 bits per heavy atom. The highest BCUT2D eigenvalue weighted by atomic mass is 16.5. The number of Topliss-reactive ketones (excluding diaryl/α,β-unsaturated/α-hetero) is 1. The molecular formula is C30H28N2O6. The van der Waals surface area contributed by atoms with Gasteiger partial charge in [0.2, 0.25) is 5.78 Å². The van der Waals surface area contributed by atoms with Crippen molar-refractivity contribution in [2.45, 2.75) is 32.4 Å². The summed E-state index contributed by atoms with van der Waals surface area (Å²) in [5, 5.41) is 11.7. The lowest BCUT2D eigenvalue weighted by molar-refractivity contribution is -0.130. The van der Waals surface area contributed by atoms with Gasteiger partial charge in [-0.25, -0.2) is 0 Å². The molecule has 0 bridgehead atoms. The number of unbranched alkanes of at least 4 members (excludes halogenated alkanes) is 1. The first-order valence-electron chi connectivity index (χ1n) is 12.5. The number of fused-ring (bicyclic) bond motifs is 1. The number of rotatable bonds is 10. The highest BCUT2D eigenvalue weighted by Crippen LogP contribution is 2.41. The van der Waals surface area contributed by atoms with E-state index in [4.69, 9.17) is 13.9 Å². The van der Waals surface area contributed by atoms with Crippen molar-refractivity contribution >= 4 is 22.7 Å². The van der Waals surface area contributed by atoms with Crippen molar-refractivity contribution in [1.82, 2.24) is 9.88 Å². The van der Waals surface area contributed by atoms with Crippen LogP contribution in [0.25, 0.3) is 11.0 Å². The van der Waals surface area contributed by atoms with E-state index in [9.17, 15) is 14.7 Å². The summed E-state index contributed by atoms with van der Waals surface area (Å²) in [6, 6.07) is 16.9. The number of benzene rings is 2. The Labute approximate surface area is 220 Å². The molecule has 0 saturated carbocycles. The average molecular weight is 513 g/mol. The first kappa shape index (κ1) is 25.1. The van der Waals surface area contributed by atoms with Gasteiger partial charge in [0.25, 0.3) is 5.91 Å². The van der Waals surface area contributed by atoms with Gasteiger partial charge in [0.05, 0.1) is 25.3 Å². The van der Waals surface area contributed by atoms with Gasteiger partial charge in [-0.05, 0) is 47.9 Å². The van der Waals surface area contributed by atoms with Gasteiger partial charge in [0.1, 0.15) is 5.75 Å². The van der Waals surface area contributed by atoms with Crippen LogP contribution < -0.4 is 9.47 Å². The number of amides is 1. The van der Waals surface area contributed by atoms with Crippen LogP contribution >= 0.6 is 0 Å². The maximum absolute atomic E-state index is 13.8. The summed E-state index contributed by atoms with van der Waals surface area (Å²) in [5.41, 5.74) is 1.79. The summed E-state index contributed by atoms with van der Waals surface area (Å²) < 4.78 is 17.0. The van der Waals surface area contributed by atoms with Gasteiger partial charge in [-0.15, -0.1) is 0 Å². The molecule has 1 unspecified atom stereocenters. The van der Waals surface area contributed by atoms with Crippen molar-refractivity contribution in [3.8, 4) is 11.5 Å². The first-order chi connectivity index (χ1) is 18.5. The molecule has 1 aliphatic rings. The van der Waals surface area contributed by atoms with E-state index >= 15 is 0 Å². The number of carbonyl (C=O) groups is 2. The number of ketones is 1. The molecule has 0 spiro atoms. The van der Waals surface area contributed by atoms with E-state index in [-0.39, 0.29) is 17.9 Å². The third-order valence-corrected chi connectivity index (χ3v) is 6.54. The second-order valence-corrected chi connectivity index (χ2v) is 9.05. The van der Waals surface area contributed by atoms with Crippen LogP contribution in [0.3, 0.4) is 0 Å². The minimum atomic E-state index is -0.838. The van der Waals surface area contributed by atoms with Crippen LogP contribution in [0.15, 0.2) is 88.8 Å². The molecule has 0 saturated heterocycles. The number of aromatic nitrogens is 1. The Hall–Kier alpha value is -4.59. The molecule has 38 heavy (non-hydrogen) atoms. The molecule has 4 aromatic rings. The lowest BCUT2D eigenvalue weighted by atomic mass is 9.94. The maximum Gasteiger partial charge on any atom is 0.290 e. The number of methoxy groups -OCH3 is 1. The third kappa shape index (κ3) is 4.72. The Balaban J connectivity index is 1.54. The normalized spacial score (nSPS) is 15.4. The van der Waals surface area contributed by atoms with E-state index < -0.39 is 23.5 Å². The number of furan rings is 1. The number of carbonyl (C=O) groups excluding carboxylic acids is 2. The van der Waals surface area contributed by atoms with E-state index in [0.29, 0.717) is 34.6 Å². The van der Waals surface area contributed by atoms with Gasteiger partial charge >= 0.3 is 0 Å². The van der Waals surface area contributed by atoms with Crippen molar-refractivity contribution in [3.63, 3.8) is 0 Å². The van der Waals surface area contributed by atoms with Gasteiger partial charge in [0, 0.05) is 24.3 Å². The molecule has 5 rings (SSSR count). The van der Waals surface area contributed by atoms with Gasteiger partial charge in [-0.1, -0.05) is 43.7 Å². The third-order valence-electron chi connectivity index (χ3n) is 6.54. The number of ether oxygens (including phenoxy) is 2. The summed E-state index contributed by atoms with van der Waals surface area (Å²) in [6.45, 7) is 2.85. The Kier molecular flexibility index (Phi) is 7.13. The van der Waals surface area contributed by atoms with E-state index in [0.717, 1.165) is 18.4 Å². The molecule has 2 aromatic carbocycles. The second-order valence-electron chi connectivity index (χ2n) is 9.05. The average Bonchev–Trinajstić information content (AvgIpc) is 3.49. The predicted molar refractivity (Wildman–Crippen MR) is 141 cm³/mol. The fourth-order valence-corrected chi connectivity index (χ4v) is 4.61. The minimum absolute atomic E-state index is 0.00611. The summed E-state index contributed by atoms with van der Waals surface area (Å²) in [7, 11) is 1.52. The fourth-order valence-electron chi connectivity index (χ4n) is 4.61. The number of pyridine rings is 1. The molecule has 194 valence electrons. The Morgan fingerprint density at radius 3 is 2.66 bits per heavy atom. The summed E-state index contributed by atoms with van der Waals surface area (Å²) in [5.74, 6) is -0.632. The summed E-state index contributed by atoms with van der Waals surface area (Å²) in [4.78, 5) is 32.8. The molecule has 8 heteroatoms. The van der Waals surface area contributed by atoms with Crippen LogP contribution in [0.5, 0.6) is 11.5 Å². The van der Waals surface area contributed by atoms with Crippen molar-refractivity contribution in [2.75, 3.05) is 13.7 Å². The molecule has 8 nitrogen and oxygen atoms in total. The smallest absolute Gasteiger partial charge is 0.290 e. The molecule has 1 atom stereocenters. The van der Waals surface area contributed by atoms with Crippen LogP contribution in [0, 0.1) is 0 Å². The zero-order valence-electron chi connectivity index (χ0n) is 21.2. The van der Waals surface area contributed by atoms with Crippen molar-refractivity contribution in [3.05, 3.63) is 101 Å². The first-order valence-corrected chi connectivity index (χ1v) is 12.5. The number of nitrogens with zero attached hydrogens (tertiary/aromatic N) is 2. The Bertz CT molecular complexity index is 1490. The molecule has 1 aliphatic heterocycles. The van der Waals surface area contributed by atoms with Gasteiger partial charge in [-0.3, -0.25) is 14.6 Å². The lowest BCUT2D eigenvalue weighted by Gasteiger charge is -2.26. The molecule has 0 aliphatic carbocycles. The lowest BCUT2D eigenvalue weighted by Crippen LogP contribution is -2.30. The quantitative estimate of drug-likeness (QED) is 0.212. The van der Waals surface area contributed by atoms with E-state index in [2.05, 4.69) is 11.9 Å². The molecule has 0 fully saturated rings. The SMILES string of the molecule is CCCCOc1ccc(C2C(C(=O)c3cc4cccc(OC)c4o3)=C(O)C(=O)N2Cc2cccnc2)cc1. The monoisotopic (exact) mass is 512 g/mol. The minimum Gasteiger partial charge on any atom is -0.503 e. The number of aliphatic hydroxyl groups is 1. The van der Waals surface area contributed by atoms with Gasteiger partial charge in [-0.2, -0.15) is 0 Å². The van der Waals surface area contributed by atoms with E-state index in [1.165, 1.54) is 12.0 Å². The zero-order valence-corrected chi connectivity index (χ0v) is 21.2. The molecule has 1 N–H and O–H groups in total. The highest BCUT2D eigenvalue weighted by Gasteiger charge is 2.44. The summed E-state index contributed by atoms with van der Waals surface area (Å²) in [6.07, 6.45) is 5.26. The molecule has 1 amide bonds. The highest BCUT2D eigenvalue weighted by molar-refractivity contribution is 6.16. The standard InChI is InChI=1S/C30H28N2O6/c1-3-4-15-37-22-12-10-20(11-13-22)26-25(28(34)30(35)32(26)18-19-7-6-14-31-17-19)27(33)24-16-21-8-5-9-23(36-2)29(21)38-24/h5-14,16-17,26,34H,3-4,15,18H2,1-2H3. The van der Waals surface area contributed by atoms with Crippen LogP contribution in [0.2, 0.25) is 0 Å². The maximum atomic E-state index is 13.8. The molecule has 3 heterocycles. The zero-order chi connectivity index (χ0) is 26.6. The Morgan fingerprint density at radius 2 is 1.95 bits per heavy atom. The molecular weight excluding hydrogens is 484 g/mol. The van der Waals surface area contributed by atoms with Crippen LogP contribution in [-0.4, -0.2) is 40.4 Å².